The molecule has 0 spiro atoms. The van der Waals surface area contributed by atoms with E-state index in [0.717, 1.165) is 32.0 Å². The normalized spacial score (nSPS) is 26.7. The zero-order valence-corrected chi connectivity index (χ0v) is 17.2. The van der Waals surface area contributed by atoms with Gasteiger partial charge in [-0.3, -0.25) is 4.57 Å². The van der Waals surface area contributed by atoms with E-state index in [4.69, 9.17) is 4.74 Å². The maximum atomic E-state index is 10.4. The Morgan fingerprint density at radius 2 is 1.68 bits per heavy atom. The second-order valence-electron chi connectivity index (χ2n) is 8.06. The lowest BCUT2D eigenvalue weighted by Crippen LogP contribution is -2.47. The predicted octanol–water partition coefficient (Wildman–Crippen LogP) is 0.0728. The van der Waals surface area contributed by atoms with Crippen LogP contribution in [0.3, 0.4) is 0 Å². The van der Waals surface area contributed by atoms with Gasteiger partial charge in [0.25, 0.3) is 0 Å². The van der Waals surface area contributed by atoms with E-state index < -0.39 is 24.5 Å². The van der Waals surface area contributed by atoms with Crippen molar-refractivity contribution in [2.45, 2.75) is 31.5 Å². The SMILES string of the molecule is Cc1ccc(N2CCN(c3ncnc4c3ncn4[C@@H]3O[C@H](CO)[C@@H](O)[C@H]3O)CC2)cc1. The quantitative estimate of drug-likeness (QED) is 0.532. The maximum absolute atomic E-state index is 10.4. The third-order valence-corrected chi connectivity index (χ3v) is 6.11. The molecule has 2 aromatic heterocycles. The third-order valence-electron chi connectivity index (χ3n) is 6.11. The molecule has 2 saturated heterocycles. The summed E-state index contributed by atoms with van der Waals surface area (Å²) in [5.41, 5.74) is 3.59. The van der Waals surface area contributed by atoms with Crippen LogP contribution in [0, 0.1) is 6.92 Å². The first kappa shape index (κ1) is 20.1. The summed E-state index contributed by atoms with van der Waals surface area (Å²) in [7, 11) is 0. The Kier molecular flexibility index (Phi) is 5.22. The lowest BCUT2D eigenvalue weighted by molar-refractivity contribution is -0.0511. The number of benzene rings is 1. The number of rotatable bonds is 4. The number of nitrogens with zero attached hydrogens (tertiary/aromatic N) is 6. The first-order chi connectivity index (χ1) is 15.1. The number of anilines is 2. The highest BCUT2D eigenvalue weighted by molar-refractivity contribution is 5.83. The fourth-order valence-corrected chi connectivity index (χ4v) is 4.30. The third kappa shape index (κ3) is 3.51. The molecule has 2 aliphatic heterocycles. The average Bonchev–Trinajstić information content (AvgIpc) is 3.35. The fourth-order valence-electron chi connectivity index (χ4n) is 4.30. The minimum absolute atomic E-state index is 0.382. The van der Waals surface area contributed by atoms with Crippen molar-refractivity contribution in [3.05, 3.63) is 42.5 Å². The highest BCUT2D eigenvalue weighted by Gasteiger charge is 2.44. The number of aliphatic hydroxyl groups excluding tert-OH is 3. The van der Waals surface area contributed by atoms with Gasteiger partial charge in [0, 0.05) is 31.9 Å². The number of aromatic nitrogens is 4. The molecule has 0 unspecified atom stereocenters. The molecule has 10 nitrogen and oxygen atoms in total. The molecule has 164 valence electrons. The second kappa shape index (κ2) is 8.04. The molecule has 0 aliphatic carbocycles. The molecule has 1 aromatic carbocycles. The van der Waals surface area contributed by atoms with Crippen LogP contribution in [-0.2, 0) is 4.74 Å². The van der Waals surface area contributed by atoms with Crippen molar-refractivity contribution in [2.75, 3.05) is 42.6 Å². The van der Waals surface area contributed by atoms with Crippen molar-refractivity contribution in [1.82, 2.24) is 19.5 Å². The van der Waals surface area contributed by atoms with Gasteiger partial charge < -0.3 is 29.9 Å². The van der Waals surface area contributed by atoms with Gasteiger partial charge in [-0.25, -0.2) is 15.0 Å². The first-order valence-electron chi connectivity index (χ1n) is 10.4. The number of aliphatic hydroxyl groups is 3. The van der Waals surface area contributed by atoms with Gasteiger partial charge in [0.05, 0.1) is 12.9 Å². The highest BCUT2D eigenvalue weighted by atomic mass is 16.6. The van der Waals surface area contributed by atoms with Crippen LogP contribution in [0.4, 0.5) is 11.5 Å². The van der Waals surface area contributed by atoms with E-state index in [1.54, 1.807) is 4.57 Å². The molecule has 10 heteroatoms. The standard InChI is InChI=1S/C21H26N6O4/c1-13-2-4-14(5-3-13)25-6-8-26(9-7-25)19-16-20(23-11-22-19)27(12-24-16)21-18(30)17(29)15(10-28)31-21/h2-5,11-12,15,17-18,21,28-30H,6-10H2,1H3/t15-,17-,18-,21-/m1/s1. The Hall–Kier alpha value is -2.79. The van der Waals surface area contributed by atoms with Crippen LogP contribution in [0.2, 0.25) is 0 Å². The Morgan fingerprint density at radius 3 is 2.35 bits per heavy atom. The number of aryl methyl sites for hydroxylation is 1. The topological polar surface area (TPSA) is 120 Å². The molecule has 4 atom stereocenters. The first-order valence-corrected chi connectivity index (χ1v) is 10.4. The molecule has 0 saturated carbocycles. The molecular formula is C21H26N6O4. The van der Waals surface area contributed by atoms with E-state index in [1.165, 1.54) is 23.9 Å². The van der Waals surface area contributed by atoms with E-state index >= 15 is 0 Å². The number of piperazine rings is 1. The van der Waals surface area contributed by atoms with E-state index in [1.807, 2.05) is 0 Å². The van der Waals surface area contributed by atoms with Crippen LogP contribution in [0.1, 0.15) is 11.8 Å². The lowest BCUT2D eigenvalue weighted by Gasteiger charge is -2.36. The minimum atomic E-state index is -1.19. The largest absolute Gasteiger partial charge is 0.394 e. The van der Waals surface area contributed by atoms with Gasteiger partial charge in [0.1, 0.15) is 24.6 Å². The Labute approximate surface area is 179 Å². The minimum Gasteiger partial charge on any atom is -0.394 e. The molecule has 3 aromatic rings. The lowest BCUT2D eigenvalue weighted by atomic mass is 10.1. The van der Waals surface area contributed by atoms with E-state index in [2.05, 4.69) is 55.9 Å². The van der Waals surface area contributed by atoms with Crippen LogP contribution in [0.5, 0.6) is 0 Å². The van der Waals surface area contributed by atoms with Crippen LogP contribution < -0.4 is 9.80 Å². The Balaban J connectivity index is 1.37. The van der Waals surface area contributed by atoms with Gasteiger partial charge in [-0.05, 0) is 19.1 Å². The van der Waals surface area contributed by atoms with Gasteiger partial charge in [-0.2, -0.15) is 0 Å². The van der Waals surface area contributed by atoms with Crippen molar-refractivity contribution < 1.29 is 20.1 Å². The zero-order valence-electron chi connectivity index (χ0n) is 17.2. The Morgan fingerprint density at radius 1 is 0.968 bits per heavy atom. The van der Waals surface area contributed by atoms with Gasteiger partial charge in [-0.1, -0.05) is 17.7 Å². The molecule has 5 rings (SSSR count). The average molecular weight is 426 g/mol. The van der Waals surface area contributed by atoms with Gasteiger partial charge in [-0.15, -0.1) is 0 Å². The Bertz CT molecular complexity index is 1050. The van der Waals surface area contributed by atoms with Crippen molar-refractivity contribution >= 4 is 22.7 Å². The summed E-state index contributed by atoms with van der Waals surface area (Å²) >= 11 is 0. The molecule has 3 N–H and O–H groups in total. The van der Waals surface area contributed by atoms with Crippen LogP contribution in [0.15, 0.2) is 36.9 Å². The van der Waals surface area contributed by atoms with Crippen molar-refractivity contribution in [2.24, 2.45) is 0 Å². The summed E-state index contributed by atoms with van der Waals surface area (Å²) in [4.78, 5) is 17.8. The molecule has 0 amide bonds. The summed E-state index contributed by atoms with van der Waals surface area (Å²) in [6, 6.07) is 8.55. The summed E-state index contributed by atoms with van der Waals surface area (Å²) in [5.74, 6) is 0.735. The summed E-state index contributed by atoms with van der Waals surface area (Å²) in [6.45, 7) is 5.02. The van der Waals surface area contributed by atoms with Gasteiger partial charge >= 0.3 is 0 Å². The molecule has 2 fully saturated rings. The number of hydrogen-bond donors (Lipinski definition) is 3. The van der Waals surface area contributed by atoms with Gasteiger partial charge in [0.2, 0.25) is 0 Å². The van der Waals surface area contributed by atoms with Crippen molar-refractivity contribution in [1.29, 1.82) is 0 Å². The van der Waals surface area contributed by atoms with E-state index in [9.17, 15) is 15.3 Å². The monoisotopic (exact) mass is 426 g/mol. The van der Waals surface area contributed by atoms with Gasteiger partial charge in [0.15, 0.2) is 23.2 Å². The molecule has 0 radical (unpaired) electrons. The number of hydrogen-bond acceptors (Lipinski definition) is 9. The van der Waals surface area contributed by atoms with Crippen LogP contribution in [-0.4, -0.2) is 85.9 Å². The van der Waals surface area contributed by atoms with E-state index in [0.29, 0.717) is 11.2 Å². The number of ether oxygens (including phenoxy) is 1. The summed E-state index contributed by atoms with van der Waals surface area (Å²) < 4.78 is 7.23. The summed E-state index contributed by atoms with van der Waals surface area (Å²) in [5, 5.41) is 29.8. The molecular weight excluding hydrogens is 400 g/mol. The highest BCUT2D eigenvalue weighted by Crippen LogP contribution is 2.33. The summed E-state index contributed by atoms with van der Waals surface area (Å²) in [6.07, 6.45) is -1.09. The van der Waals surface area contributed by atoms with E-state index in [-0.39, 0.29) is 6.61 Å². The smallest absolute Gasteiger partial charge is 0.167 e. The predicted molar refractivity (Wildman–Crippen MR) is 114 cm³/mol. The van der Waals surface area contributed by atoms with Crippen molar-refractivity contribution in [3.63, 3.8) is 0 Å². The molecule has 2 aliphatic rings. The molecule has 31 heavy (non-hydrogen) atoms. The van der Waals surface area contributed by atoms with Crippen LogP contribution >= 0.6 is 0 Å². The number of imidazole rings is 1. The van der Waals surface area contributed by atoms with Crippen LogP contribution in [0.25, 0.3) is 11.2 Å². The second-order valence-corrected chi connectivity index (χ2v) is 8.06. The van der Waals surface area contributed by atoms with Crippen molar-refractivity contribution in [3.8, 4) is 0 Å². The molecule has 0 bridgehead atoms. The number of fused-ring (bicyclic) bond motifs is 1. The zero-order chi connectivity index (χ0) is 21.5. The fraction of sp³-hybridized carbons (Fsp3) is 0.476. The maximum Gasteiger partial charge on any atom is 0.167 e. The molecule has 4 heterocycles.